The van der Waals surface area contributed by atoms with E-state index in [4.69, 9.17) is 4.52 Å². The van der Waals surface area contributed by atoms with Gasteiger partial charge in [-0.1, -0.05) is 50.2 Å². The number of nitrogens with zero attached hydrogens (tertiary/aromatic N) is 5. The van der Waals surface area contributed by atoms with E-state index < -0.39 is 0 Å². The minimum atomic E-state index is -0.159. The second-order valence-electron chi connectivity index (χ2n) is 10.0. The first kappa shape index (κ1) is 22.8. The van der Waals surface area contributed by atoms with Crippen LogP contribution in [0.15, 0.2) is 57.8 Å². The summed E-state index contributed by atoms with van der Waals surface area (Å²) in [5.41, 5.74) is 1.87. The van der Waals surface area contributed by atoms with E-state index in [9.17, 15) is 9.59 Å². The minimum absolute atomic E-state index is 0.0408. The van der Waals surface area contributed by atoms with E-state index in [-0.39, 0.29) is 16.9 Å². The summed E-state index contributed by atoms with van der Waals surface area (Å²) in [6.07, 6.45) is 0.681. The number of carbonyl (C=O) groups excluding carboxylic acids is 1. The number of benzene rings is 2. The first-order valence-corrected chi connectivity index (χ1v) is 11.7. The van der Waals surface area contributed by atoms with Crippen molar-refractivity contribution in [3.8, 4) is 11.4 Å². The molecule has 2 aromatic carbocycles. The van der Waals surface area contributed by atoms with Gasteiger partial charge in [-0.3, -0.25) is 14.6 Å². The number of anilines is 1. The molecule has 5 rings (SSSR count). The quantitative estimate of drug-likeness (QED) is 0.484. The smallest absolute Gasteiger partial charge is 0.260 e. The first-order chi connectivity index (χ1) is 16.8. The van der Waals surface area contributed by atoms with Gasteiger partial charge in [-0.2, -0.15) is 4.98 Å². The van der Waals surface area contributed by atoms with Gasteiger partial charge in [0.05, 0.1) is 10.9 Å². The summed E-state index contributed by atoms with van der Waals surface area (Å²) in [5.74, 6) is 1.55. The molecule has 9 heteroatoms. The SMILES string of the molecule is CC(C)(C)Cc1nc(-c2cccc(C(=O)N3CCN(c4nc5ccccc5c(=O)[nH]4)CC3)c2)no1. The van der Waals surface area contributed by atoms with Gasteiger partial charge in [0, 0.05) is 43.7 Å². The summed E-state index contributed by atoms with van der Waals surface area (Å²) >= 11 is 0. The predicted octanol–water partition coefficient (Wildman–Crippen LogP) is 3.52. The number of fused-ring (bicyclic) bond motifs is 1. The van der Waals surface area contributed by atoms with Crippen LogP contribution < -0.4 is 10.5 Å². The van der Waals surface area contributed by atoms with Crippen LogP contribution in [0, 0.1) is 5.41 Å². The summed E-state index contributed by atoms with van der Waals surface area (Å²) in [6, 6.07) is 14.6. The van der Waals surface area contributed by atoms with Gasteiger partial charge in [0.1, 0.15) is 0 Å². The second kappa shape index (κ2) is 8.98. The van der Waals surface area contributed by atoms with E-state index in [0.29, 0.717) is 66.7 Å². The Bertz CT molecular complexity index is 1430. The Morgan fingerprint density at radius 3 is 2.57 bits per heavy atom. The number of hydrogen-bond donors (Lipinski definition) is 1. The molecule has 1 aliphatic rings. The average molecular weight is 473 g/mol. The molecular weight excluding hydrogens is 444 g/mol. The lowest BCUT2D eigenvalue weighted by molar-refractivity contribution is 0.0746. The second-order valence-corrected chi connectivity index (χ2v) is 10.0. The van der Waals surface area contributed by atoms with E-state index in [1.54, 1.807) is 12.1 Å². The van der Waals surface area contributed by atoms with Crippen LogP contribution in [0.3, 0.4) is 0 Å². The van der Waals surface area contributed by atoms with Gasteiger partial charge in [0.25, 0.3) is 11.5 Å². The standard InChI is InChI=1S/C26H28N6O3/c1-26(2,3)16-21-28-22(30-35-21)17-7-6-8-18(15-17)24(34)31-11-13-32(14-12-31)25-27-20-10-5-4-9-19(20)23(33)29-25/h4-10,15H,11-14,16H2,1-3H3,(H,27,29,33). The molecule has 0 saturated carbocycles. The van der Waals surface area contributed by atoms with Crippen molar-refractivity contribution < 1.29 is 9.32 Å². The monoisotopic (exact) mass is 472 g/mol. The summed E-state index contributed by atoms with van der Waals surface area (Å²) in [5, 5.41) is 4.67. The van der Waals surface area contributed by atoms with Gasteiger partial charge in [-0.05, 0) is 29.7 Å². The molecule has 0 unspecified atom stereocenters. The molecule has 1 amide bonds. The third kappa shape index (κ3) is 4.94. The van der Waals surface area contributed by atoms with Gasteiger partial charge in [0.2, 0.25) is 17.7 Å². The topological polar surface area (TPSA) is 108 Å². The molecule has 2 aromatic heterocycles. The van der Waals surface area contributed by atoms with E-state index in [2.05, 4.69) is 40.9 Å². The molecule has 1 fully saturated rings. The van der Waals surface area contributed by atoms with E-state index >= 15 is 0 Å². The highest BCUT2D eigenvalue weighted by Crippen LogP contribution is 2.23. The lowest BCUT2D eigenvalue weighted by atomic mass is 9.92. The average Bonchev–Trinajstić information content (AvgIpc) is 3.30. The zero-order chi connectivity index (χ0) is 24.6. The minimum Gasteiger partial charge on any atom is -0.339 e. The zero-order valence-corrected chi connectivity index (χ0v) is 20.1. The van der Waals surface area contributed by atoms with Crippen molar-refractivity contribution in [1.82, 2.24) is 25.0 Å². The number of carbonyl (C=O) groups is 1. The van der Waals surface area contributed by atoms with E-state index in [0.717, 1.165) is 5.56 Å². The van der Waals surface area contributed by atoms with Gasteiger partial charge in [0.15, 0.2) is 0 Å². The summed E-state index contributed by atoms with van der Waals surface area (Å²) in [7, 11) is 0. The van der Waals surface area contributed by atoms with Crippen LogP contribution in [-0.4, -0.2) is 57.1 Å². The maximum atomic E-state index is 13.2. The van der Waals surface area contributed by atoms with Crippen LogP contribution in [0.25, 0.3) is 22.3 Å². The molecule has 4 aromatic rings. The Labute approximate surface area is 202 Å². The molecule has 1 aliphatic heterocycles. The highest BCUT2D eigenvalue weighted by molar-refractivity contribution is 5.95. The molecule has 1 saturated heterocycles. The van der Waals surface area contributed by atoms with Crippen LogP contribution in [0.5, 0.6) is 0 Å². The Balaban J connectivity index is 1.27. The molecule has 9 nitrogen and oxygen atoms in total. The zero-order valence-electron chi connectivity index (χ0n) is 20.1. The molecule has 180 valence electrons. The molecule has 0 aliphatic carbocycles. The van der Waals surface area contributed by atoms with Crippen molar-refractivity contribution in [3.05, 3.63) is 70.3 Å². The lowest BCUT2D eigenvalue weighted by Gasteiger charge is -2.35. The highest BCUT2D eigenvalue weighted by Gasteiger charge is 2.24. The Kier molecular flexibility index (Phi) is 5.84. The Morgan fingerprint density at radius 2 is 1.80 bits per heavy atom. The Morgan fingerprint density at radius 1 is 1.03 bits per heavy atom. The number of nitrogens with one attached hydrogen (secondary N) is 1. The van der Waals surface area contributed by atoms with Gasteiger partial charge in [-0.15, -0.1) is 0 Å². The van der Waals surface area contributed by atoms with Crippen LogP contribution in [0.2, 0.25) is 0 Å². The van der Waals surface area contributed by atoms with Gasteiger partial charge < -0.3 is 14.3 Å². The third-order valence-corrected chi connectivity index (χ3v) is 5.98. The number of hydrogen-bond acceptors (Lipinski definition) is 7. The molecule has 35 heavy (non-hydrogen) atoms. The van der Waals surface area contributed by atoms with E-state index in [1.807, 2.05) is 46.2 Å². The largest absolute Gasteiger partial charge is 0.339 e. The fourth-order valence-corrected chi connectivity index (χ4v) is 4.22. The number of aromatic amines is 1. The normalized spacial score (nSPS) is 14.5. The van der Waals surface area contributed by atoms with Crippen molar-refractivity contribution in [2.45, 2.75) is 27.2 Å². The number of H-pyrrole nitrogens is 1. The fraction of sp³-hybridized carbons (Fsp3) is 0.346. The maximum absolute atomic E-state index is 13.2. The number of aromatic nitrogens is 4. The molecule has 0 radical (unpaired) electrons. The first-order valence-electron chi connectivity index (χ1n) is 11.7. The summed E-state index contributed by atoms with van der Waals surface area (Å²) in [6.45, 7) is 8.55. The summed E-state index contributed by atoms with van der Waals surface area (Å²) < 4.78 is 5.41. The highest BCUT2D eigenvalue weighted by atomic mass is 16.5. The lowest BCUT2D eigenvalue weighted by Crippen LogP contribution is -2.49. The molecule has 0 bridgehead atoms. The van der Waals surface area contributed by atoms with E-state index in [1.165, 1.54) is 0 Å². The molecule has 0 atom stereocenters. The fourth-order valence-electron chi connectivity index (χ4n) is 4.22. The van der Waals surface area contributed by atoms with Crippen molar-refractivity contribution in [1.29, 1.82) is 0 Å². The predicted molar refractivity (Wildman–Crippen MR) is 133 cm³/mol. The van der Waals surface area contributed by atoms with Crippen LogP contribution in [0.1, 0.15) is 37.0 Å². The number of piperazine rings is 1. The molecule has 0 spiro atoms. The number of rotatable bonds is 4. The Hall–Kier alpha value is -4.01. The molecule has 1 N–H and O–H groups in total. The number of para-hydroxylation sites is 1. The van der Waals surface area contributed by atoms with Gasteiger partial charge >= 0.3 is 0 Å². The number of amides is 1. The van der Waals surface area contributed by atoms with Crippen LogP contribution in [0.4, 0.5) is 5.95 Å². The van der Waals surface area contributed by atoms with Crippen molar-refractivity contribution in [2.24, 2.45) is 5.41 Å². The molecule has 3 heterocycles. The van der Waals surface area contributed by atoms with Crippen molar-refractivity contribution in [2.75, 3.05) is 31.1 Å². The maximum Gasteiger partial charge on any atom is 0.260 e. The summed E-state index contributed by atoms with van der Waals surface area (Å²) in [4.78, 5) is 41.4. The molecular formula is C26H28N6O3. The van der Waals surface area contributed by atoms with Crippen LogP contribution >= 0.6 is 0 Å². The van der Waals surface area contributed by atoms with Gasteiger partial charge in [-0.25, -0.2) is 4.98 Å². The third-order valence-electron chi connectivity index (χ3n) is 5.98. The van der Waals surface area contributed by atoms with Crippen molar-refractivity contribution >= 4 is 22.8 Å². The van der Waals surface area contributed by atoms with Crippen LogP contribution in [-0.2, 0) is 6.42 Å². The van der Waals surface area contributed by atoms with Crippen molar-refractivity contribution in [3.63, 3.8) is 0 Å².